The number of halogens is 1. The van der Waals surface area contributed by atoms with Gasteiger partial charge in [0.2, 0.25) is 5.91 Å². The number of carbonyl (C=O) groups excluding carboxylic acids is 1. The Morgan fingerprint density at radius 3 is 2.65 bits per heavy atom. The van der Waals surface area contributed by atoms with Crippen LogP contribution in [0.15, 0.2) is 29.6 Å². The van der Waals surface area contributed by atoms with E-state index >= 15 is 0 Å². The monoisotopic (exact) mass is 462 g/mol. The summed E-state index contributed by atoms with van der Waals surface area (Å²) < 4.78 is 0. The maximum atomic E-state index is 13.7. The molecular formula is C23H27ClN2O4S. The van der Waals surface area contributed by atoms with Crippen molar-refractivity contribution in [2.75, 3.05) is 11.4 Å². The average molecular weight is 463 g/mol. The molecular weight excluding hydrogens is 436 g/mol. The SMILES string of the molecule is O=C(O)C[C@@H]1C(=O)N(c2nc(-c3ccccc3Cl)cs2)C[C@H](O)CC[C@@H]1C1CCCC1. The lowest BCUT2D eigenvalue weighted by Crippen LogP contribution is -2.47. The quantitative estimate of drug-likeness (QED) is 0.662. The van der Waals surface area contributed by atoms with Crippen LogP contribution in [0.3, 0.4) is 0 Å². The highest BCUT2D eigenvalue weighted by molar-refractivity contribution is 7.14. The van der Waals surface area contributed by atoms with E-state index in [0.717, 1.165) is 31.2 Å². The van der Waals surface area contributed by atoms with Crippen LogP contribution < -0.4 is 4.90 Å². The fourth-order valence-corrected chi connectivity index (χ4v) is 6.16. The summed E-state index contributed by atoms with van der Waals surface area (Å²) in [5, 5.41) is 23.0. The van der Waals surface area contributed by atoms with Gasteiger partial charge in [-0.05, 0) is 30.7 Å². The average Bonchev–Trinajstić information content (AvgIpc) is 3.43. The molecule has 8 heteroatoms. The van der Waals surface area contributed by atoms with Crippen molar-refractivity contribution in [1.82, 2.24) is 4.98 Å². The first-order valence-corrected chi connectivity index (χ1v) is 12.1. The fourth-order valence-electron chi connectivity index (χ4n) is 5.09. The molecule has 1 saturated heterocycles. The number of anilines is 1. The minimum absolute atomic E-state index is 0.0217. The number of aromatic nitrogens is 1. The number of amides is 1. The van der Waals surface area contributed by atoms with E-state index in [1.807, 2.05) is 23.6 Å². The van der Waals surface area contributed by atoms with E-state index in [9.17, 15) is 19.8 Å². The number of rotatable bonds is 5. The highest BCUT2D eigenvalue weighted by Crippen LogP contribution is 2.42. The van der Waals surface area contributed by atoms with E-state index in [1.165, 1.54) is 16.2 Å². The van der Waals surface area contributed by atoms with Crippen LogP contribution in [-0.4, -0.2) is 39.7 Å². The number of nitrogens with zero attached hydrogens (tertiary/aromatic N) is 2. The van der Waals surface area contributed by atoms with Crippen LogP contribution in [-0.2, 0) is 9.59 Å². The number of thiazole rings is 1. The van der Waals surface area contributed by atoms with Gasteiger partial charge >= 0.3 is 5.97 Å². The van der Waals surface area contributed by atoms with Crippen LogP contribution in [0.5, 0.6) is 0 Å². The zero-order valence-corrected chi connectivity index (χ0v) is 18.8. The second kappa shape index (κ2) is 9.67. The molecule has 1 aliphatic carbocycles. The van der Waals surface area contributed by atoms with Gasteiger partial charge in [0.1, 0.15) is 0 Å². The summed E-state index contributed by atoms with van der Waals surface area (Å²) >= 11 is 7.62. The van der Waals surface area contributed by atoms with Crippen molar-refractivity contribution >= 4 is 39.9 Å². The molecule has 2 aliphatic rings. The molecule has 1 amide bonds. The van der Waals surface area contributed by atoms with Crippen LogP contribution >= 0.6 is 22.9 Å². The molecule has 2 heterocycles. The molecule has 2 aromatic rings. The molecule has 1 saturated carbocycles. The summed E-state index contributed by atoms with van der Waals surface area (Å²) in [6.07, 6.45) is 4.69. The second-order valence-corrected chi connectivity index (χ2v) is 9.83. The van der Waals surface area contributed by atoms with Gasteiger partial charge < -0.3 is 10.2 Å². The summed E-state index contributed by atoms with van der Waals surface area (Å²) in [4.78, 5) is 31.5. The molecule has 0 radical (unpaired) electrons. The van der Waals surface area contributed by atoms with Crippen molar-refractivity contribution in [3.63, 3.8) is 0 Å². The lowest BCUT2D eigenvalue weighted by Gasteiger charge is -2.37. The molecule has 6 nitrogen and oxygen atoms in total. The molecule has 2 fully saturated rings. The van der Waals surface area contributed by atoms with Crippen LogP contribution in [0, 0.1) is 17.8 Å². The number of aliphatic hydroxyl groups excluding tert-OH is 1. The van der Waals surface area contributed by atoms with Crippen molar-refractivity contribution in [3.05, 3.63) is 34.7 Å². The predicted molar refractivity (Wildman–Crippen MR) is 121 cm³/mol. The Morgan fingerprint density at radius 2 is 1.94 bits per heavy atom. The second-order valence-electron chi connectivity index (χ2n) is 8.59. The lowest BCUT2D eigenvalue weighted by molar-refractivity contribution is -0.142. The van der Waals surface area contributed by atoms with Gasteiger partial charge in [0, 0.05) is 16.0 Å². The minimum Gasteiger partial charge on any atom is -0.481 e. The van der Waals surface area contributed by atoms with Crippen LogP contribution in [0.1, 0.15) is 44.9 Å². The maximum absolute atomic E-state index is 13.7. The topological polar surface area (TPSA) is 90.7 Å². The number of aliphatic hydroxyl groups is 1. The molecule has 0 unspecified atom stereocenters. The first kappa shape index (κ1) is 22.2. The molecule has 0 spiro atoms. The van der Waals surface area contributed by atoms with Crippen molar-refractivity contribution < 1.29 is 19.8 Å². The predicted octanol–water partition coefficient (Wildman–Crippen LogP) is 4.85. The fraction of sp³-hybridized carbons (Fsp3) is 0.522. The van der Waals surface area contributed by atoms with Gasteiger partial charge in [0.15, 0.2) is 5.13 Å². The van der Waals surface area contributed by atoms with Gasteiger partial charge in [-0.3, -0.25) is 14.5 Å². The van der Waals surface area contributed by atoms with Crippen LogP contribution in [0.4, 0.5) is 5.13 Å². The molecule has 4 rings (SSSR count). The van der Waals surface area contributed by atoms with E-state index < -0.39 is 18.0 Å². The molecule has 166 valence electrons. The van der Waals surface area contributed by atoms with E-state index in [0.29, 0.717) is 34.6 Å². The molecule has 1 aromatic heterocycles. The Bertz CT molecular complexity index is 943. The number of β-amino-alcohol motifs (C(OH)–C–C–N with tert-alkyl or cyclic N) is 1. The summed E-state index contributed by atoms with van der Waals surface area (Å²) in [5.74, 6) is -1.47. The number of hydrogen-bond acceptors (Lipinski definition) is 5. The normalized spacial score (nSPS) is 25.4. The zero-order chi connectivity index (χ0) is 22.0. The number of aliphatic carboxylic acids is 1. The Balaban J connectivity index is 1.67. The third kappa shape index (κ3) is 4.94. The van der Waals surface area contributed by atoms with Crippen molar-refractivity contribution in [2.45, 2.75) is 51.0 Å². The van der Waals surface area contributed by atoms with Crippen LogP contribution in [0.25, 0.3) is 11.3 Å². The number of benzene rings is 1. The van der Waals surface area contributed by atoms with Gasteiger partial charge in [0.05, 0.1) is 30.7 Å². The smallest absolute Gasteiger partial charge is 0.304 e. The summed E-state index contributed by atoms with van der Waals surface area (Å²) in [5.41, 5.74) is 1.44. The van der Waals surface area contributed by atoms with Crippen molar-refractivity contribution in [1.29, 1.82) is 0 Å². The first-order chi connectivity index (χ1) is 14.9. The molecule has 1 aliphatic heterocycles. The molecule has 3 atom stereocenters. The maximum Gasteiger partial charge on any atom is 0.304 e. The Kier molecular flexibility index (Phi) is 6.94. The Labute approximate surface area is 190 Å². The van der Waals surface area contributed by atoms with Crippen molar-refractivity contribution in [3.8, 4) is 11.3 Å². The largest absolute Gasteiger partial charge is 0.481 e. The van der Waals surface area contributed by atoms with Crippen LogP contribution in [0.2, 0.25) is 5.02 Å². The highest BCUT2D eigenvalue weighted by atomic mass is 35.5. The lowest BCUT2D eigenvalue weighted by atomic mass is 9.74. The minimum atomic E-state index is -0.960. The number of carboxylic acid groups (broad SMARTS) is 1. The zero-order valence-electron chi connectivity index (χ0n) is 17.2. The van der Waals surface area contributed by atoms with Gasteiger partial charge in [0.25, 0.3) is 0 Å². The summed E-state index contributed by atoms with van der Waals surface area (Å²) in [6.45, 7) is 0.127. The van der Waals surface area contributed by atoms with E-state index in [1.54, 1.807) is 6.07 Å². The highest BCUT2D eigenvalue weighted by Gasteiger charge is 2.41. The van der Waals surface area contributed by atoms with Gasteiger partial charge in [-0.25, -0.2) is 4.98 Å². The molecule has 31 heavy (non-hydrogen) atoms. The Hall–Kier alpha value is -1.96. The van der Waals surface area contributed by atoms with E-state index in [4.69, 9.17) is 11.6 Å². The third-order valence-electron chi connectivity index (χ3n) is 6.60. The van der Waals surface area contributed by atoms with Gasteiger partial charge in [-0.15, -0.1) is 11.3 Å². The van der Waals surface area contributed by atoms with Gasteiger partial charge in [-0.1, -0.05) is 55.5 Å². The third-order valence-corrected chi connectivity index (χ3v) is 7.79. The summed E-state index contributed by atoms with van der Waals surface area (Å²) in [7, 11) is 0. The van der Waals surface area contributed by atoms with E-state index in [2.05, 4.69) is 4.98 Å². The first-order valence-electron chi connectivity index (χ1n) is 10.9. The molecule has 1 aromatic carbocycles. The standard InChI is InChI=1S/C23H27ClN2O4S/c24-19-8-4-3-7-17(19)20-13-31-23(25-20)26-12-15(27)9-10-16(14-5-1-2-6-14)18(22(26)30)11-21(28)29/h3-4,7-8,13-16,18,27H,1-2,5-6,9-12H2,(H,28,29)/t15-,16-,18+/m1/s1. The summed E-state index contributed by atoms with van der Waals surface area (Å²) in [6, 6.07) is 7.38. The number of carbonyl (C=O) groups is 2. The van der Waals surface area contributed by atoms with Gasteiger partial charge in [-0.2, -0.15) is 0 Å². The van der Waals surface area contributed by atoms with Crippen molar-refractivity contribution in [2.24, 2.45) is 17.8 Å². The molecule has 0 bridgehead atoms. The van der Waals surface area contributed by atoms with E-state index in [-0.39, 0.29) is 24.8 Å². The number of hydrogen-bond donors (Lipinski definition) is 2. The molecule has 2 N–H and O–H groups in total. The Morgan fingerprint density at radius 1 is 1.19 bits per heavy atom. The number of carboxylic acids is 1.